The molecule has 1 fully saturated rings. The van der Waals surface area contributed by atoms with E-state index >= 15 is 0 Å². The predicted octanol–water partition coefficient (Wildman–Crippen LogP) is 0.377. The number of nitrogens with zero attached hydrogens (tertiary/aromatic N) is 3. The SMILES string of the molecule is Cn1ccc(CN2CCCC2CO)n1. The van der Waals surface area contributed by atoms with Crippen LogP contribution in [0.25, 0.3) is 0 Å². The molecule has 0 spiro atoms. The molecule has 78 valence electrons. The summed E-state index contributed by atoms with van der Waals surface area (Å²) in [5.41, 5.74) is 1.09. The molecule has 1 aliphatic rings. The average molecular weight is 195 g/mol. The minimum Gasteiger partial charge on any atom is -0.395 e. The van der Waals surface area contributed by atoms with E-state index in [9.17, 15) is 0 Å². The largest absolute Gasteiger partial charge is 0.395 e. The molecule has 1 aromatic heterocycles. The monoisotopic (exact) mass is 195 g/mol. The molecule has 4 nitrogen and oxygen atoms in total. The summed E-state index contributed by atoms with van der Waals surface area (Å²) in [6.07, 6.45) is 4.26. The van der Waals surface area contributed by atoms with Crippen LogP contribution in [0.3, 0.4) is 0 Å². The smallest absolute Gasteiger partial charge is 0.0764 e. The number of rotatable bonds is 3. The highest BCUT2D eigenvalue weighted by atomic mass is 16.3. The molecule has 4 heteroatoms. The molecule has 1 saturated heterocycles. The fourth-order valence-corrected chi connectivity index (χ4v) is 2.07. The summed E-state index contributed by atoms with van der Waals surface area (Å²) in [6.45, 7) is 2.22. The molecule has 2 heterocycles. The summed E-state index contributed by atoms with van der Waals surface area (Å²) < 4.78 is 1.82. The van der Waals surface area contributed by atoms with Gasteiger partial charge in [0.2, 0.25) is 0 Å². The third-order valence-corrected chi connectivity index (χ3v) is 2.84. The summed E-state index contributed by atoms with van der Waals surface area (Å²) in [5.74, 6) is 0. The van der Waals surface area contributed by atoms with Crippen molar-refractivity contribution in [3.05, 3.63) is 18.0 Å². The van der Waals surface area contributed by atoms with E-state index in [2.05, 4.69) is 10.00 Å². The Morgan fingerprint density at radius 2 is 2.50 bits per heavy atom. The number of hydrogen-bond donors (Lipinski definition) is 1. The molecular weight excluding hydrogens is 178 g/mol. The zero-order chi connectivity index (χ0) is 9.97. The van der Waals surface area contributed by atoms with Crippen LogP contribution in [0.5, 0.6) is 0 Å². The van der Waals surface area contributed by atoms with Gasteiger partial charge in [0.25, 0.3) is 0 Å². The Hall–Kier alpha value is -0.870. The Balaban J connectivity index is 1.96. The zero-order valence-corrected chi connectivity index (χ0v) is 8.56. The van der Waals surface area contributed by atoms with Crippen LogP contribution in [0.4, 0.5) is 0 Å². The van der Waals surface area contributed by atoms with Crippen molar-refractivity contribution in [2.75, 3.05) is 13.2 Å². The molecule has 0 bridgehead atoms. The van der Waals surface area contributed by atoms with Gasteiger partial charge in [0.1, 0.15) is 0 Å². The van der Waals surface area contributed by atoms with Gasteiger partial charge in [0.05, 0.1) is 12.3 Å². The lowest BCUT2D eigenvalue weighted by Crippen LogP contribution is -2.31. The zero-order valence-electron chi connectivity index (χ0n) is 8.56. The maximum atomic E-state index is 9.15. The van der Waals surface area contributed by atoms with Crippen molar-refractivity contribution in [3.8, 4) is 0 Å². The van der Waals surface area contributed by atoms with E-state index in [-0.39, 0.29) is 6.61 Å². The first kappa shape index (κ1) is 9.68. The fourth-order valence-electron chi connectivity index (χ4n) is 2.07. The van der Waals surface area contributed by atoms with Gasteiger partial charge >= 0.3 is 0 Å². The third-order valence-electron chi connectivity index (χ3n) is 2.84. The first-order valence-electron chi connectivity index (χ1n) is 5.13. The number of likely N-dealkylation sites (tertiary alicyclic amines) is 1. The van der Waals surface area contributed by atoms with E-state index in [1.165, 1.54) is 6.42 Å². The Morgan fingerprint density at radius 1 is 1.64 bits per heavy atom. The molecule has 1 aromatic rings. The first-order valence-corrected chi connectivity index (χ1v) is 5.13. The molecule has 0 amide bonds. The standard InChI is InChI=1S/C10H17N3O/c1-12-6-4-9(11-12)7-13-5-2-3-10(13)8-14/h4,6,10,14H,2-3,5,7-8H2,1H3. The minimum atomic E-state index is 0.271. The van der Waals surface area contributed by atoms with Gasteiger partial charge in [-0.05, 0) is 25.5 Å². The predicted molar refractivity (Wildman–Crippen MR) is 53.7 cm³/mol. The lowest BCUT2D eigenvalue weighted by atomic mass is 10.2. The average Bonchev–Trinajstić information content (AvgIpc) is 2.76. The van der Waals surface area contributed by atoms with E-state index in [0.29, 0.717) is 6.04 Å². The van der Waals surface area contributed by atoms with Crippen LogP contribution in [-0.4, -0.2) is 39.0 Å². The highest BCUT2D eigenvalue weighted by Gasteiger charge is 2.23. The van der Waals surface area contributed by atoms with Crippen molar-refractivity contribution < 1.29 is 5.11 Å². The van der Waals surface area contributed by atoms with E-state index < -0.39 is 0 Å². The van der Waals surface area contributed by atoms with Crippen molar-refractivity contribution in [2.45, 2.75) is 25.4 Å². The van der Waals surface area contributed by atoms with Crippen LogP contribution < -0.4 is 0 Å². The summed E-state index contributed by atoms with van der Waals surface area (Å²) >= 11 is 0. The van der Waals surface area contributed by atoms with E-state index in [1.54, 1.807) is 0 Å². The van der Waals surface area contributed by atoms with Crippen LogP contribution in [0.2, 0.25) is 0 Å². The summed E-state index contributed by atoms with van der Waals surface area (Å²) in [6, 6.07) is 2.38. The third kappa shape index (κ3) is 1.96. The number of aliphatic hydroxyl groups is 1. The number of aliphatic hydroxyl groups excluding tert-OH is 1. The van der Waals surface area contributed by atoms with Crippen molar-refractivity contribution in [1.29, 1.82) is 0 Å². The summed E-state index contributed by atoms with van der Waals surface area (Å²) in [4.78, 5) is 2.31. The molecule has 0 saturated carbocycles. The highest BCUT2D eigenvalue weighted by Crippen LogP contribution is 2.18. The molecular formula is C10H17N3O. The van der Waals surface area contributed by atoms with Crippen LogP contribution in [0.15, 0.2) is 12.3 Å². The number of aromatic nitrogens is 2. The minimum absolute atomic E-state index is 0.271. The van der Waals surface area contributed by atoms with Gasteiger partial charge in [0.15, 0.2) is 0 Å². The number of hydrogen-bond acceptors (Lipinski definition) is 3. The van der Waals surface area contributed by atoms with Gasteiger partial charge in [-0.3, -0.25) is 9.58 Å². The van der Waals surface area contributed by atoms with E-state index in [0.717, 1.165) is 25.2 Å². The van der Waals surface area contributed by atoms with E-state index in [4.69, 9.17) is 5.11 Å². The Labute approximate surface area is 84.1 Å². The van der Waals surface area contributed by atoms with Gasteiger partial charge in [-0.2, -0.15) is 5.10 Å². The topological polar surface area (TPSA) is 41.3 Å². The second-order valence-electron chi connectivity index (χ2n) is 3.93. The highest BCUT2D eigenvalue weighted by molar-refractivity contribution is 4.99. The maximum Gasteiger partial charge on any atom is 0.0764 e. The van der Waals surface area contributed by atoms with Gasteiger partial charge in [-0.25, -0.2) is 0 Å². The van der Waals surface area contributed by atoms with Gasteiger partial charge in [0, 0.05) is 25.8 Å². The van der Waals surface area contributed by atoms with Crippen LogP contribution in [0, 0.1) is 0 Å². The Morgan fingerprint density at radius 3 is 3.14 bits per heavy atom. The lowest BCUT2D eigenvalue weighted by Gasteiger charge is -2.21. The Kier molecular flexibility index (Phi) is 2.84. The number of aryl methyl sites for hydroxylation is 1. The summed E-state index contributed by atoms with van der Waals surface area (Å²) in [5, 5.41) is 13.5. The normalized spacial score (nSPS) is 23.1. The lowest BCUT2D eigenvalue weighted by molar-refractivity contribution is 0.152. The summed E-state index contributed by atoms with van der Waals surface area (Å²) in [7, 11) is 1.93. The van der Waals surface area contributed by atoms with E-state index in [1.807, 2.05) is 24.0 Å². The van der Waals surface area contributed by atoms with Gasteiger partial charge in [-0.15, -0.1) is 0 Å². The molecule has 1 atom stereocenters. The molecule has 1 aliphatic heterocycles. The molecule has 0 radical (unpaired) electrons. The molecule has 14 heavy (non-hydrogen) atoms. The Bertz CT molecular complexity index is 297. The molecule has 1 N–H and O–H groups in total. The quantitative estimate of drug-likeness (QED) is 0.758. The fraction of sp³-hybridized carbons (Fsp3) is 0.700. The molecule has 0 aromatic carbocycles. The van der Waals surface area contributed by atoms with Crippen molar-refractivity contribution in [1.82, 2.24) is 14.7 Å². The van der Waals surface area contributed by atoms with Crippen LogP contribution in [-0.2, 0) is 13.6 Å². The molecule has 0 aliphatic carbocycles. The maximum absolute atomic E-state index is 9.15. The van der Waals surface area contributed by atoms with Crippen LogP contribution >= 0.6 is 0 Å². The van der Waals surface area contributed by atoms with Gasteiger partial charge in [-0.1, -0.05) is 0 Å². The second kappa shape index (κ2) is 4.11. The van der Waals surface area contributed by atoms with Crippen molar-refractivity contribution >= 4 is 0 Å². The molecule has 1 unspecified atom stereocenters. The first-order chi connectivity index (χ1) is 6.79. The van der Waals surface area contributed by atoms with Gasteiger partial charge < -0.3 is 5.11 Å². The van der Waals surface area contributed by atoms with Crippen molar-refractivity contribution in [3.63, 3.8) is 0 Å². The second-order valence-corrected chi connectivity index (χ2v) is 3.93. The van der Waals surface area contributed by atoms with Crippen molar-refractivity contribution in [2.24, 2.45) is 7.05 Å². The van der Waals surface area contributed by atoms with Crippen LogP contribution in [0.1, 0.15) is 18.5 Å². The molecule has 2 rings (SSSR count).